The summed E-state index contributed by atoms with van der Waals surface area (Å²) in [5.74, 6) is 1.15. The lowest BCUT2D eigenvalue weighted by molar-refractivity contribution is -0.125. The first-order chi connectivity index (χ1) is 11.3. The predicted molar refractivity (Wildman–Crippen MR) is 90.1 cm³/mol. The molecule has 1 aliphatic heterocycles. The molecule has 0 spiro atoms. The van der Waals surface area contributed by atoms with Gasteiger partial charge in [0.25, 0.3) is 0 Å². The molecule has 23 heavy (non-hydrogen) atoms. The van der Waals surface area contributed by atoms with Crippen LogP contribution in [-0.2, 0) is 11.2 Å². The minimum Gasteiger partial charge on any atom is -0.356 e. The van der Waals surface area contributed by atoms with E-state index in [0.29, 0.717) is 6.54 Å². The van der Waals surface area contributed by atoms with Crippen LogP contribution in [0.4, 0.5) is 5.82 Å². The van der Waals surface area contributed by atoms with Crippen LogP contribution < -0.4 is 10.2 Å². The van der Waals surface area contributed by atoms with Crippen LogP contribution in [0.5, 0.6) is 0 Å². The molecular weight excluding hydrogens is 288 g/mol. The van der Waals surface area contributed by atoms with Gasteiger partial charge in [0.1, 0.15) is 5.82 Å². The molecule has 0 radical (unpaired) electrons. The van der Waals surface area contributed by atoms with Crippen molar-refractivity contribution in [3.05, 3.63) is 54.5 Å². The topological polar surface area (TPSA) is 58.1 Å². The van der Waals surface area contributed by atoms with Gasteiger partial charge in [-0.05, 0) is 43.0 Å². The Labute approximate surface area is 136 Å². The van der Waals surface area contributed by atoms with E-state index in [-0.39, 0.29) is 11.8 Å². The van der Waals surface area contributed by atoms with E-state index in [9.17, 15) is 4.79 Å². The maximum absolute atomic E-state index is 12.4. The van der Waals surface area contributed by atoms with Crippen molar-refractivity contribution in [3.63, 3.8) is 0 Å². The Balaban J connectivity index is 1.49. The van der Waals surface area contributed by atoms with Crippen molar-refractivity contribution in [2.24, 2.45) is 5.92 Å². The number of nitrogens with zero attached hydrogens (tertiary/aromatic N) is 3. The molecule has 1 saturated heterocycles. The molecule has 0 aliphatic carbocycles. The van der Waals surface area contributed by atoms with Crippen molar-refractivity contribution >= 4 is 11.7 Å². The number of carbonyl (C=O) groups is 1. The summed E-state index contributed by atoms with van der Waals surface area (Å²) in [7, 11) is 0. The number of nitrogens with one attached hydrogen (secondary N) is 1. The number of pyridine rings is 2. The van der Waals surface area contributed by atoms with E-state index in [1.807, 2.05) is 36.5 Å². The summed E-state index contributed by atoms with van der Waals surface area (Å²) in [6.45, 7) is 2.37. The van der Waals surface area contributed by atoms with Crippen molar-refractivity contribution in [2.45, 2.75) is 19.3 Å². The summed E-state index contributed by atoms with van der Waals surface area (Å²) in [6.07, 6.45) is 8.19. The molecule has 0 unspecified atom stereocenters. The van der Waals surface area contributed by atoms with Gasteiger partial charge in [0.2, 0.25) is 5.91 Å². The Kier molecular flexibility index (Phi) is 5.19. The van der Waals surface area contributed by atoms with Gasteiger partial charge in [-0.3, -0.25) is 9.78 Å². The second-order valence-electron chi connectivity index (χ2n) is 5.88. The van der Waals surface area contributed by atoms with E-state index in [1.165, 1.54) is 0 Å². The van der Waals surface area contributed by atoms with Crippen molar-refractivity contribution in [1.82, 2.24) is 15.3 Å². The highest BCUT2D eigenvalue weighted by Gasteiger charge is 2.26. The zero-order valence-corrected chi connectivity index (χ0v) is 13.2. The molecule has 0 aromatic carbocycles. The first kappa shape index (κ1) is 15.5. The lowest BCUT2D eigenvalue weighted by atomic mass is 9.97. The van der Waals surface area contributed by atoms with E-state index < -0.39 is 0 Å². The molecule has 5 heteroatoms. The van der Waals surface area contributed by atoms with Crippen molar-refractivity contribution < 1.29 is 4.79 Å². The average molecular weight is 310 g/mol. The summed E-state index contributed by atoms with van der Waals surface area (Å²) in [4.78, 5) is 23.1. The molecule has 0 bridgehead atoms. The quantitative estimate of drug-likeness (QED) is 0.918. The van der Waals surface area contributed by atoms with Crippen LogP contribution in [0, 0.1) is 5.92 Å². The Morgan fingerprint density at radius 2 is 2.22 bits per heavy atom. The molecule has 3 rings (SSSR count). The summed E-state index contributed by atoms with van der Waals surface area (Å²) in [6, 6.07) is 9.85. The smallest absolute Gasteiger partial charge is 0.224 e. The van der Waals surface area contributed by atoms with Gasteiger partial charge in [-0.15, -0.1) is 0 Å². The third kappa shape index (κ3) is 4.28. The molecule has 2 aromatic heterocycles. The minimum absolute atomic E-state index is 0.0413. The molecule has 1 fully saturated rings. The van der Waals surface area contributed by atoms with Crippen molar-refractivity contribution in [2.75, 3.05) is 24.5 Å². The Morgan fingerprint density at radius 1 is 1.26 bits per heavy atom. The van der Waals surface area contributed by atoms with Crippen LogP contribution in [0.1, 0.15) is 18.4 Å². The minimum atomic E-state index is 0.0413. The summed E-state index contributed by atoms with van der Waals surface area (Å²) in [5.41, 5.74) is 1.14. The summed E-state index contributed by atoms with van der Waals surface area (Å²) < 4.78 is 0. The summed E-state index contributed by atoms with van der Waals surface area (Å²) in [5, 5.41) is 3.06. The number of carbonyl (C=O) groups excluding carboxylic acids is 1. The maximum Gasteiger partial charge on any atom is 0.224 e. The second-order valence-corrected chi connectivity index (χ2v) is 5.88. The van der Waals surface area contributed by atoms with Gasteiger partial charge in [-0.1, -0.05) is 12.1 Å². The Morgan fingerprint density at radius 3 is 3.00 bits per heavy atom. The molecule has 0 saturated carbocycles. The summed E-state index contributed by atoms with van der Waals surface area (Å²) >= 11 is 0. The van der Waals surface area contributed by atoms with Crippen LogP contribution in [0.15, 0.2) is 48.9 Å². The predicted octanol–water partition coefficient (Wildman–Crippen LogP) is 2.05. The number of amides is 1. The number of hydrogen-bond acceptors (Lipinski definition) is 4. The van der Waals surface area contributed by atoms with E-state index >= 15 is 0 Å². The van der Waals surface area contributed by atoms with E-state index in [2.05, 4.69) is 20.2 Å². The third-order valence-corrected chi connectivity index (χ3v) is 4.20. The van der Waals surface area contributed by atoms with Crippen LogP contribution >= 0.6 is 0 Å². The first-order valence-corrected chi connectivity index (χ1v) is 8.15. The zero-order chi connectivity index (χ0) is 15.9. The van der Waals surface area contributed by atoms with Gasteiger partial charge in [-0.2, -0.15) is 0 Å². The number of hydrogen-bond donors (Lipinski definition) is 1. The highest BCUT2D eigenvalue weighted by atomic mass is 16.1. The van der Waals surface area contributed by atoms with Crippen LogP contribution in [0.3, 0.4) is 0 Å². The largest absolute Gasteiger partial charge is 0.356 e. The van der Waals surface area contributed by atoms with Gasteiger partial charge < -0.3 is 10.2 Å². The molecule has 1 N–H and O–H groups in total. The maximum atomic E-state index is 12.4. The van der Waals surface area contributed by atoms with Gasteiger partial charge in [-0.25, -0.2) is 4.98 Å². The second kappa shape index (κ2) is 7.72. The molecule has 1 amide bonds. The molecular formula is C18H22N4O. The molecule has 5 nitrogen and oxygen atoms in total. The van der Waals surface area contributed by atoms with Gasteiger partial charge in [0.05, 0.1) is 5.92 Å². The molecule has 1 atom stereocenters. The molecule has 120 valence electrons. The van der Waals surface area contributed by atoms with Gasteiger partial charge >= 0.3 is 0 Å². The molecule has 1 aliphatic rings. The Bertz CT molecular complexity index is 617. The van der Waals surface area contributed by atoms with Crippen LogP contribution in [0.2, 0.25) is 0 Å². The average Bonchev–Trinajstić information content (AvgIpc) is 2.63. The fourth-order valence-electron chi connectivity index (χ4n) is 2.96. The van der Waals surface area contributed by atoms with Gasteiger partial charge in [0.15, 0.2) is 0 Å². The fourth-order valence-corrected chi connectivity index (χ4v) is 2.96. The van der Waals surface area contributed by atoms with Crippen LogP contribution in [-0.4, -0.2) is 35.5 Å². The number of rotatable bonds is 5. The lowest BCUT2D eigenvalue weighted by Gasteiger charge is -2.32. The molecule has 2 aromatic rings. The van der Waals surface area contributed by atoms with Crippen molar-refractivity contribution in [3.8, 4) is 0 Å². The van der Waals surface area contributed by atoms with Crippen molar-refractivity contribution in [1.29, 1.82) is 0 Å². The lowest BCUT2D eigenvalue weighted by Crippen LogP contribution is -2.43. The zero-order valence-electron chi connectivity index (χ0n) is 13.2. The van der Waals surface area contributed by atoms with Gasteiger partial charge in [0, 0.05) is 38.2 Å². The fraction of sp³-hybridized carbons (Fsp3) is 0.389. The number of anilines is 1. The molecule has 3 heterocycles. The SMILES string of the molecule is O=C(NCCc1cccnc1)[C@@H]1CCCN(c2ccccn2)C1. The highest BCUT2D eigenvalue weighted by molar-refractivity contribution is 5.79. The first-order valence-electron chi connectivity index (χ1n) is 8.15. The third-order valence-electron chi connectivity index (χ3n) is 4.20. The van der Waals surface area contributed by atoms with E-state index in [1.54, 1.807) is 12.4 Å². The Hall–Kier alpha value is -2.43. The monoisotopic (exact) mass is 310 g/mol. The van der Waals surface area contributed by atoms with E-state index in [4.69, 9.17) is 0 Å². The highest BCUT2D eigenvalue weighted by Crippen LogP contribution is 2.21. The van der Waals surface area contributed by atoms with Crippen LogP contribution in [0.25, 0.3) is 0 Å². The number of piperidine rings is 1. The normalized spacial score (nSPS) is 17.7. The number of aromatic nitrogens is 2. The standard InChI is InChI=1S/C18H22N4O/c23-18(21-11-8-15-5-3-9-19-13-15)16-6-4-12-22(14-16)17-7-1-2-10-20-17/h1-3,5,7,9-10,13,16H,4,6,8,11-12,14H2,(H,21,23)/t16-/m1/s1. The van der Waals surface area contributed by atoms with E-state index in [0.717, 1.165) is 43.7 Å².